The van der Waals surface area contributed by atoms with Gasteiger partial charge in [-0.05, 0) is 23.3 Å². The minimum absolute atomic E-state index is 0.0642. The van der Waals surface area contributed by atoms with E-state index >= 15 is 0 Å². The molecule has 1 fully saturated rings. The first-order chi connectivity index (χ1) is 19.3. The maximum absolute atomic E-state index is 11.6. The standard InChI is InChI=1S/C21H25ClN2O3/c22-19-8-6-18(7-9-19)21(17-4-2-1-3-5-17)24-12-10-23(11-13-24)14-15-27-16-20(25)26/h1-9,21H,10-16H2,(H,25,26)/i10D2,11D2,12D2,13D2,14D2,15D2,16D2,21D/hD. The molecular weight excluding hydrogens is 364 g/mol. The highest BCUT2D eigenvalue weighted by Gasteiger charge is 2.26. The average molecular weight is 405 g/mol. The van der Waals surface area contributed by atoms with Gasteiger partial charge in [-0.2, -0.15) is 0 Å². The Labute approximate surface area is 187 Å². The zero-order valence-corrected chi connectivity index (χ0v) is 14.4. The van der Waals surface area contributed by atoms with Crippen molar-refractivity contribution >= 4 is 17.6 Å². The molecule has 0 amide bonds. The molecule has 1 unspecified atom stereocenters. The van der Waals surface area contributed by atoms with Crippen LogP contribution in [-0.4, -0.2) is 66.5 Å². The Bertz CT molecular complexity index is 1320. The summed E-state index contributed by atoms with van der Waals surface area (Å²) in [6.07, 6.45) is 0. The monoisotopic (exact) mass is 404 g/mol. The van der Waals surface area contributed by atoms with Crippen molar-refractivity contribution in [1.29, 1.82) is 1.43 Å². The first-order valence-corrected chi connectivity index (χ1v) is 7.96. The van der Waals surface area contributed by atoms with E-state index in [-0.39, 0.29) is 21.0 Å². The molecule has 0 aromatic heterocycles. The van der Waals surface area contributed by atoms with Crippen molar-refractivity contribution in [2.45, 2.75) is 6.02 Å². The number of benzene rings is 2. The molecule has 0 aliphatic carbocycles. The van der Waals surface area contributed by atoms with Crippen molar-refractivity contribution < 1.29 is 35.2 Å². The van der Waals surface area contributed by atoms with Crippen molar-refractivity contribution in [2.75, 3.05) is 45.6 Å². The van der Waals surface area contributed by atoms with E-state index in [0.717, 1.165) is 0 Å². The predicted octanol–water partition coefficient (Wildman–Crippen LogP) is 3.15. The first kappa shape index (κ1) is 7.84. The summed E-state index contributed by atoms with van der Waals surface area (Å²) in [7, 11) is 0. The minimum atomic E-state index is -4.29. The Morgan fingerprint density at radius 2 is 1.85 bits per heavy atom. The van der Waals surface area contributed by atoms with Gasteiger partial charge in [0.15, 0.2) is 0 Å². The van der Waals surface area contributed by atoms with E-state index in [2.05, 4.69) is 9.85 Å². The van der Waals surface area contributed by atoms with Crippen molar-refractivity contribution in [1.82, 2.24) is 9.80 Å². The second-order valence-electron chi connectivity index (χ2n) is 5.05. The Hall–Kier alpha value is -1.92. The van der Waals surface area contributed by atoms with Crippen LogP contribution in [0.5, 0.6) is 0 Å². The van der Waals surface area contributed by atoms with Crippen LogP contribution >= 0.6 is 11.6 Å². The molecule has 5 nitrogen and oxygen atoms in total. The van der Waals surface area contributed by atoms with Crippen LogP contribution in [0.15, 0.2) is 54.6 Å². The van der Waals surface area contributed by atoms with E-state index in [1.807, 2.05) is 0 Å². The number of rotatable bonds is 8. The molecule has 1 saturated heterocycles. The van der Waals surface area contributed by atoms with Crippen LogP contribution in [0.2, 0.25) is 5.02 Å². The largest absolute Gasteiger partial charge is 0.480 e. The molecule has 0 radical (unpaired) electrons. The fraction of sp³-hybridized carbons (Fsp3) is 0.381. The average Bonchev–Trinajstić information content (AvgIpc) is 2.86. The Balaban J connectivity index is 2.34. The first-order valence-electron chi connectivity index (χ1n) is 15.5. The number of carboxylic acids is 1. The van der Waals surface area contributed by atoms with Gasteiger partial charge in [-0.1, -0.05) is 54.1 Å². The molecule has 0 bridgehead atoms. The van der Waals surface area contributed by atoms with E-state index in [1.54, 1.807) is 0 Å². The number of carbonyl (C=O) groups is 1. The molecule has 2 aromatic rings. The van der Waals surface area contributed by atoms with Gasteiger partial charge < -0.3 is 9.85 Å². The lowest BCUT2D eigenvalue weighted by Crippen LogP contribution is -2.48. The lowest BCUT2D eigenvalue weighted by molar-refractivity contribution is -0.142. The van der Waals surface area contributed by atoms with Crippen molar-refractivity contribution in [3.8, 4) is 0 Å². The zero-order valence-electron chi connectivity index (χ0n) is 29.7. The van der Waals surface area contributed by atoms with Crippen molar-refractivity contribution in [2.24, 2.45) is 0 Å². The highest BCUT2D eigenvalue weighted by atomic mass is 35.5. The predicted molar refractivity (Wildman–Crippen MR) is 106 cm³/mol. The molecule has 144 valence electrons. The van der Waals surface area contributed by atoms with E-state index in [9.17, 15) is 6.17 Å². The number of hydrogen-bond acceptors (Lipinski definition) is 5. The maximum atomic E-state index is 11.6. The second-order valence-corrected chi connectivity index (χ2v) is 5.48. The highest BCUT2D eigenvalue weighted by molar-refractivity contribution is 6.30. The smallest absolute Gasteiger partial charge is 0.329 e. The summed E-state index contributed by atoms with van der Waals surface area (Å²) < 4.78 is 138. The summed E-state index contributed by atoms with van der Waals surface area (Å²) in [6, 6.07) is 9.15. The van der Waals surface area contributed by atoms with Crippen LogP contribution in [0.3, 0.4) is 0 Å². The van der Waals surface area contributed by atoms with Crippen LogP contribution in [0.1, 0.15) is 37.7 Å². The summed E-state index contributed by atoms with van der Waals surface area (Å²) in [5.41, 5.74) is -0.353. The Morgan fingerprint density at radius 3 is 2.52 bits per heavy atom. The summed E-state index contributed by atoms with van der Waals surface area (Å²) in [6.45, 7) is -28.3. The van der Waals surface area contributed by atoms with Crippen LogP contribution in [0.4, 0.5) is 0 Å². The van der Waals surface area contributed by atoms with Gasteiger partial charge in [-0.3, -0.25) is 9.80 Å². The normalized spacial score (nSPS) is 35.7. The fourth-order valence-corrected chi connectivity index (χ4v) is 2.31. The molecule has 27 heavy (non-hydrogen) atoms. The summed E-state index contributed by atoms with van der Waals surface area (Å²) in [5.74, 6) is -2.15. The third-order valence-corrected chi connectivity index (χ3v) is 3.53. The maximum Gasteiger partial charge on any atom is 0.329 e. The van der Waals surface area contributed by atoms with E-state index < -0.39 is 62.5 Å². The van der Waals surface area contributed by atoms with Crippen LogP contribution < -0.4 is 0 Å². The number of aliphatic carboxylic acids is 1. The van der Waals surface area contributed by atoms with Gasteiger partial charge in [0.25, 0.3) is 1.43 Å². The number of nitrogens with zero attached hydrogens (tertiary/aromatic N) is 2. The quantitative estimate of drug-likeness (QED) is 0.732. The van der Waals surface area contributed by atoms with Gasteiger partial charge in [-0.15, -0.1) is 0 Å². The SMILES string of the molecule is [2H]OC(=O)C([2H])([2H])OC([2H])([2H])C([2H])([2H])N1C([2H])([2H])C([2H])([2H])N(C([2H])(c2ccccc2)c2ccc(Cl)cc2)C([2H])([2H])C1([2H])[2H]. The highest BCUT2D eigenvalue weighted by Crippen LogP contribution is 2.30. The third-order valence-electron chi connectivity index (χ3n) is 3.28. The lowest BCUT2D eigenvalue weighted by Gasteiger charge is -2.39. The molecule has 0 spiro atoms. The Kier molecular flexibility index (Phi) is 2.86. The molecule has 1 heterocycles. The van der Waals surface area contributed by atoms with Crippen LogP contribution in [0.25, 0.3) is 1.43 Å². The second kappa shape index (κ2) is 9.85. The zero-order chi connectivity index (χ0) is 33.2. The van der Waals surface area contributed by atoms with Crippen molar-refractivity contribution in [3.05, 3.63) is 70.7 Å². The molecule has 1 atom stereocenters. The molecule has 3 rings (SSSR count). The molecular formula is C21H25ClN2O3. The van der Waals surface area contributed by atoms with E-state index in [1.165, 1.54) is 54.6 Å². The van der Waals surface area contributed by atoms with Gasteiger partial charge >= 0.3 is 5.97 Å². The summed E-state index contributed by atoms with van der Waals surface area (Å²) in [5, 5.41) is 3.59. The molecule has 2 aromatic carbocycles. The number of ether oxygens (including phenoxy) is 1. The van der Waals surface area contributed by atoms with Crippen LogP contribution in [0, 0.1) is 0 Å². The number of piperazine rings is 1. The topological polar surface area (TPSA) is 53.0 Å². The van der Waals surface area contributed by atoms with Gasteiger partial charge in [-0.25, -0.2) is 4.79 Å². The van der Waals surface area contributed by atoms with Gasteiger partial charge in [0, 0.05) is 51.2 Å². The number of hydrogen-bond donors (Lipinski definition) is 1. The summed E-state index contributed by atoms with van der Waals surface area (Å²) >= 11 is 5.98. The molecule has 1 N–H and O–H groups in total. The number of halogens is 1. The Morgan fingerprint density at radius 1 is 1.19 bits per heavy atom. The van der Waals surface area contributed by atoms with E-state index in [0.29, 0.717) is 0 Å². The summed E-state index contributed by atoms with van der Waals surface area (Å²) in [4.78, 5) is 10.8. The van der Waals surface area contributed by atoms with Gasteiger partial charge in [0.05, 0.1) is 19.4 Å². The van der Waals surface area contributed by atoms with Gasteiger partial charge in [0.2, 0.25) is 0 Å². The fourth-order valence-electron chi connectivity index (χ4n) is 2.19. The molecule has 1 aliphatic rings. The van der Waals surface area contributed by atoms with E-state index in [4.69, 9.17) is 32.2 Å². The molecule has 1 aliphatic heterocycles. The lowest BCUT2D eigenvalue weighted by atomic mass is 9.96. The van der Waals surface area contributed by atoms with Crippen LogP contribution in [-0.2, 0) is 9.53 Å². The minimum Gasteiger partial charge on any atom is -0.480 e. The van der Waals surface area contributed by atoms with Gasteiger partial charge in [0.1, 0.15) is 6.56 Å². The third kappa shape index (κ3) is 5.78. The number of carboxylic acid groups (broad SMARTS) is 1. The van der Waals surface area contributed by atoms with Crippen molar-refractivity contribution in [3.63, 3.8) is 0 Å². The molecule has 0 saturated carbocycles. The molecule has 6 heteroatoms.